The topological polar surface area (TPSA) is 84.7 Å². The van der Waals surface area contributed by atoms with E-state index >= 15 is 0 Å². The minimum Gasteiger partial charge on any atom is -0.445 e. The van der Waals surface area contributed by atoms with Gasteiger partial charge in [0.15, 0.2) is 0 Å². The first-order valence-electron chi connectivity index (χ1n) is 13.9. The van der Waals surface area contributed by atoms with E-state index in [9.17, 15) is 9.59 Å². The zero-order valence-electron chi connectivity index (χ0n) is 22.8. The van der Waals surface area contributed by atoms with E-state index in [0.29, 0.717) is 6.54 Å². The fourth-order valence-electron chi connectivity index (χ4n) is 5.28. The van der Waals surface area contributed by atoms with Crippen molar-refractivity contribution >= 4 is 12.0 Å². The first-order chi connectivity index (χ1) is 17.9. The number of hydrogen-bond donors (Lipinski definition) is 2. The van der Waals surface area contributed by atoms with Crippen molar-refractivity contribution in [3.63, 3.8) is 0 Å². The van der Waals surface area contributed by atoms with Crippen LogP contribution in [0.1, 0.15) is 72.8 Å². The predicted molar refractivity (Wildman–Crippen MR) is 149 cm³/mol. The van der Waals surface area contributed by atoms with E-state index in [-0.39, 0.29) is 24.5 Å². The Morgan fingerprint density at radius 1 is 0.946 bits per heavy atom. The van der Waals surface area contributed by atoms with Gasteiger partial charge in [0.1, 0.15) is 6.61 Å². The summed E-state index contributed by atoms with van der Waals surface area (Å²) in [5.41, 5.74) is 12.5. The molecule has 0 bridgehead atoms. The Kier molecular flexibility index (Phi) is 12.0. The normalized spacial score (nSPS) is 13.7. The molecule has 37 heavy (non-hydrogen) atoms. The first-order valence-corrected chi connectivity index (χ1v) is 13.9. The number of rotatable bonds is 15. The summed E-state index contributed by atoms with van der Waals surface area (Å²) >= 11 is 0. The van der Waals surface area contributed by atoms with Gasteiger partial charge in [-0.25, -0.2) is 4.79 Å². The molecular weight excluding hydrogens is 462 g/mol. The van der Waals surface area contributed by atoms with Crippen molar-refractivity contribution in [1.82, 2.24) is 10.2 Å². The Morgan fingerprint density at radius 2 is 1.65 bits per heavy atom. The van der Waals surface area contributed by atoms with Crippen LogP contribution in [-0.2, 0) is 41.8 Å². The van der Waals surface area contributed by atoms with E-state index in [2.05, 4.69) is 36.4 Å². The number of nitrogens with zero attached hydrogens (tertiary/aromatic N) is 1. The molecule has 2 aromatic carbocycles. The maximum atomic E-state index is 12.2. The van der Waals surface area contributed by atoms with Gasteiger partial charge < -0.3 is 20.7 Å². The highest BCUT2D eigenvalue weighted by Gasteiger charge is 2.21. The lowest BCUT2D eigenvalue weighted by Gasteiger charge is -2.25. The van der Waals surface area contributed by atoms with Gasteiger partial charge in [-0.05, 0) is 113 Å². The largest absolute Gasteiger partial charge is 0.445 e. The average Bonchev–Trinajstić information content (AvgIpc) is 2.90. The second-order valence-electron chi connectivity index (χ2n) is 10.6. The fraction of sp³-hybridized carbons (Fsp3) is 0.548. The maximum absolute atomic E-state index is 12.2. The lowest BCUT2D eigenvalue weighted by atomic mass is 9.81. The van der Waals surface area contributed by atoms with Gasteiger partial charge >= 0.3 is 6.09 Å². The van der Waals surface area contributed by atoms with Crippen LogP contribution in [-0.4, -0.2) is 44.1 Å². The molecule has 3 N–H and O–H groups in total. The molecular formula is C31H45N3O3. The lowest BCUT2D eigenvalue weighted by molar-refractivity contribution is -0.122. The summed E-state index contributed by atoms with van der Waals surface area (Å²) in [6, 6.07) is 14.2. The van der Waals surface area contributed by atoms with Crippen LogP contribution in [0.2, 0.25) is 0 Å². The van der Waals surface area contributed by atoms with Crippen LogP contribution in [0.25, 0.3) is 0 Å². The van der Waals surface area contributed by atoms with E-state index in [4.69, 9.17) is 10.5 Å². The van der Waals surface area contributed by atoms with Crippen molar-refractivity contribution in [2.24, 2.45) is 11.7 Å². The van der Waals surface area contributed by atoms with Gasteiger partial charge in [-0.15, -0.1) is 0 Å². The Hall–Kier alpha value is -2.86. The van der Waals surface area contributed by atoms with Crippen LogP contribution in [0.4, 0.5) is 4.79 Å². The zero-order valence-corrected chi connectivity index (χ0v) is 22.8. The van der Waals surface area contributed by atoms with E-state index in [1.165, 1.54) is 35.1 Å². The molecule has 6 nitrogen and oxygen atoms in total. The summed E-state index contributed by atoms with van der Waals surface area (Å²) in [5, 5.41) is 2.86. The van der Waals surface area contributed by atoms with Gasteiger partial charge in [-0.2, -0.15) is 0 Å². The number of aryl methyl sites for hydroxylation is 1. The number of fused-ring (bicyclic) bond motifs is 1. The second kappa shape index (κ2) is 15.4. The molecule has 1 aliphatic carbocycles. The number of ether oxygens (including phenoxy) is 1. The van der Waals surface area contributed by atoms with E-state index in [1.807, 2.05) is 30.3 Å². The molecule has 202 valence electrons. The van der Waals surface area contributed by atoms with Gasteiger partial charge in [0.2, 0.25) is 5.91 Å². The average molecular weight is 508 g/mol. The van der Waals surface area contributed by atoms with E-state index in [0.717, 1.165) is 69.9 Å². The molecule has 1 aliphatic rings. The van der Waals surface area contributed by atoms with Crippen LogP contribution < -0.4 is 11.1 Å². The third-order valence-electron chi connectivity index (χ3n) is 7.36. The number of unbranched alkanes of at least 4 members (excludes halogenated alkanes) is 2. The number of nitrogens with two attached hydrogens (primary N) is 1. The molecule has 0 spiro atoms. The molecule has 0 heterocycles. The smallest absolute Gasteiger partial charge is 0.407 e. The number of nitrogens with one attached hydrogen (secondary N) is 1. The quantitative estimate of drug-likeness (QED) is 0.325. The van der Waals surface area contributed by atoms with E-state index < -0.39 is 0 Å². The molecule has 1 atom stereocenters. The van der Waals surface area contributed by atoms with Gasteiger partial charge in [0, 0.05) is 12.5 Å². The number of carbonyl (C=O) groups excluding carboxylic acids is 2. The Morgan fingerprint density at radius 3 is 2.35 bits per heavy atom. The molecule has 6 heteroatoms. The van der Waals surface area contributed by atoms with Crippen LogP contribution in [0.15, 0.2) is 42.5 Å². The van der Waals surface area contributed by atoms with Crippen molar-refractivity contribution in [3.05, 3.63) is 70.3 Å². The highest BCUT2D eigenvalue weighted by atomic mass is 16.5. The monoisotopic (exact) mass is 507 g/mol. The maximum Gasteiger partial charge on any atom is 0.407 e. The number of hydrogen-bond acceptors (Lipinski definition) is 4. The summed E-state index contributed by atoms with van der Waals surface area (Å²) in [6.07, 6.45) is 11.0. The van der Waals surface area contributed by atoms with E-state index in [1.54, 1.807) is 0 Å². The predicted octanol–water partition coefficient (Wildman–Crippen LogP) is 5.19. The molecule has 2 amide bonds. The molecule has 0 saturated heterocycles. The molecule has 0 unspecified atom stereocenters. The highest BCUT2D eigenvalue weighted by Crippen LogP contribution is 2.31. The first kappa shape index (κ1) is 28.7. The number of amides is 2. The van der Waals surface area contributed by atoms with Crippen molar-refractivity contribution in [1.29, 1.82) is 0 Å². The number of carbonyl (C=O) groups is 2. The Labute approximate surface area is 223 Å². The van der Waals surface area contributed by atoms with Gasteiger partial charge in [0.05, 0.1) is 0 Å². The van der Waals surface area contributed by atoms with Crippen molar-refractivity contribution < 1.29 is 14.3 Å². The minimum absolute atomic E-state index is 0.0910. The minimum atomic E-state index is -0.365. The Bertz CT molecular complexity index is 991. The van der Waals surface area contributed by atoms with Gasteiger partial charge in [-0.1, -0.05) is 48.9 Å². The van der Waals surface area contributed by atoms with Crippen LogP contribution >= 0.6 is 0 Å². The van der Waals surface area contributed by atoms with Crippen LogP contribution in [0.5, 0.6) is 0 Å². The highest BCUT2D eigenvalue weighted by molar-refractivity contribution is 5.77. The standard InChI is InChI=1S/C31H45N3O3/c1-34(2)21-11-9-15-27(30(32)35)22-26-19-18-25(28-16-6-7-17-29(26)28)14-8-10-20-33-31(36)37-23-24-12-4-3-5-13-24/h3-5,12-13,18-19,27H,6-11,14-17,20-23H2,1-2H3,(H2,32,35)(H,33,36)/t27-/m0/s1. The summed E-state index contributed by atoms with van der Waals surface area (Å²) < 4.78 is 5.29. The van der Waals surface area contributed by atoms with Gasteiger partial charge in [-0.3, -0.25) is 4.79 Å². The second-order valence-corrected chi connectivity index (χ2v) is 10.6. The van der Waals surface area contributed by atoms with Crippen molar-refractivity contribution in [2.75, 3.05) is 27.2 Å². The third-order valence-corrected chi connectivity index (χ3v) is 7.36. The van der Waals surface area contributed by atoms with Gasteiger partial charge in [0.25, 0.3) is 0 Å². The SMILES string of the molecule is CN(C)CCCC[C@@H](Cc1ccc(CCCCNC(=O)OCc2ccccc2)c2c1CCCC2)C(N)=O. The molecule has 0 aliphatic heterocycles. The zero-order chi connectivity index (χ0) is 26.5. The summed E-state index contributed by atoms with van der Waals surface area (Å²) in [4.78, 5) is 26.3. The molecule has 0 fully saturated rings. The van der Waals surface area contributed by atoms with Crippen molar-refractivity contribution in [3.8, 4) is 0 Å². The third kappa shape index (κ3) is 9.84. The molecule has 0 aromatic heterocycles. The lowest BCUT2D eigenvalue weighted by Crippen LogP contribution is -2.26. The van der Waals surface area contributed by atoms with Crippen LogP contribution in [0.3, 0.4) is 0 Å². The molecule has 2 aromatic rings. The number of benzene rings is 2. The molecule has 3 rings (SSSR count). The van der Waals surface area contributed by atoms with Crippen LogP contribution in [0, 0.1) is 5.92 Å². The summed E-state index contributed by atoms with van der Waals surface area (Å²) in [6.45, 7) is 1.94. The number of primary amides is 1. The molecule has 0 radical (unpaired) electrons. The summed E-state index contributed by atoms with van der Waals surface area (Å²) in [5.74, 6) is -0.264. The number of alkyl carbamates (subject to hydrolysis) is 1. The summed E-state index contributed by atoms with van der Waals surface area (Å²) in [7, 11) is 4.16. The van der Waals surface area contributed by atoms with Crippen molar-refractivity contribution in [2.45, 2.75) is 77.2 Å². The molecule has 0 saturated carbocycles. The fourth-order valence-corrected chi connectivity index (χ4v) is 5.28. The Balaban J connectivity index is 1.47.